The maximum absolute atomic E-state index is 5.30. The molecular formula is C14H21N5O2. The van der Waals surface area contributed by atoms with Gasteiger partial charge in [-0.2, -0.15) is 9.97 Å². The lowest BCUT2D eigenvalue weighted by Crippen LogP contribution is -2.06. The molecule has 0 saturated carbocycles. The lowest BCUT2D eigenvalue weighted by Gasteiger charge is -2.06. The molecule has 0 bridgehead atoms. The Labute approximate surface area is 124 Å². The summed E-state index contributed by atoms with van der Waals surface area (Å²) in [5.74, 6) is 2.95. The summed E-state index contributed by atoms with van der Waals surface area (Å²) in [4.78, 5) is 12.7. The third kappa shape index (κ3) is 4.70. The van der Waals surface area contributed by atoms with E-state index in [1.54, 1.807) is 12.4 Å². The Morgan fingerprint density at radius 3 is 2.86 bits per heavy atom. The Bertz CT molecular complexity index is 556. The first-order chi connectivity index (χ1) is 10.2. The molecule has 0 fully saturated rings. The third-order valence-corrected chi connectivity index (χ3v) is 2.78. The standard InChI is InChI=1S/C14H21N5O2/c1-4-20-13-9-15-8-11(17-13)16-7-5-6-12-18-14(10(2)3)19-21-12/h8-10H,4-7H2,1-3H3,(H,16,17). The lowest BCUT2D eigenvalue weighted by molar-refractivity contribution is 0.325. The number of hydrogen-bond acceptors (Lipinski definition) is 7. The normalized spacial score (nSPS) is 10.9. The molecule has 0 amide bonds. The number of hydrogen-bond donors (Lipinski definition) is 1. The van der Waals surface area contributed by atoms with E-state index in [0.29, 0.717) is 24.2 Å². The summed E-state index contributed by atoms with van der Waals surface area (Å²) in [6, 6.07) is 0. The first-order valence-electron chi connectivity index (χ1n) is 7.20. The topological polar surface area (TPSA) is 86.0 Å². The fraction of sp³-hybridized carbons (Fsp3) is 0.571. The van der Waals surface area contributed by atoms with Gasteiger partial charge in [-0.3, -0.25) is 4.98 Å². The smallest absolute Gasteiger partial charge is 0.234 e. The highest BCUT2D eigenvalue weighted by Gasteiger charge is 2.09. The molecule has 0 aliphatic carbocycles. The van der Waals surface area contributed by atoms with Gasteiger partial charge < -0.3 is 14.6 Å². The van der Waals surface area contributed by atoms with Crippen molar-refractivity contribution in [3.05, 3.63) is 24.1 Å². The molecule has 0 radical (unpaired) electrons. The number of rotatable bonds is 8. The van der Waals surface area contributed by atoms with Crippen LogP contribution in [-0.4, -0.2) is 33.3 Å². The van der Waals surface area contributed by atoms with Gasteiger partial charge in [-0.15, -0.1) is 0 Å². The number of nitrogens with one attached hydrogen (secondary N) is 1. The minimum atomic E-state index is 0.289. The van der Waals surface area contributed by atoms with Crippen LogP contribution in [0.25, 0.3) is 0 Å². The molecule has 1 N–H and O–H groups in total. The molecule has 21 heavy (non-hydrogen) atoms. The Hall–Kier alpha value is -2.18. The van der Waals surface area contributed by atoms with Crippen molar-refractivity contribution in [2.24, 2.45) is 0 Å². The maximum atomic E-state index is 5.30. The Morgan fingerprint density at radius 2 is 2.14 bits per heavy atom. The zero-order valence-electron chi connectivity index (χ0n) is 12.7. The molecule has 0 aliphatic rings. The summed E-state index contributed by atoms with van der Waals surface area (Å²) >= 11 is 0. The van der Waals surface area contributed by atoms with E-state index in [2.05, 4.69) is 25.4 Å². The van der Waals surface area contributed by atoms with Crippen molar-refractivity contribution >= 4 is 5.82 Å². The zero-order valence-corrected chi connectivity index (χ0v) is 12.7. The molecule has 0 aliphatic heterocycles. The highest BCUT2D eigenvalue weighted by Crippen LogP contribution is 2.11. The minimum Gasteiger partial charge on any atom is -0.477 e. The minimum absolute atomic E-state index is 0.289. The number of aromatic nitrogens is 4. The van der Waals surface area contributed by atoms with E-state index in [4.69, 9.17) is 9.26 Å². The van der Waals surface area contributed by atoms with Crippen molar-refractivity contribution in [1.29, 1.82) is 0 Å². The molecular weight excluding hydrogens is 270 g/mol. The molecule has 0 spiro atoms. The zero-order chi connectivity index (χ0) is 15.1. The summed E-state index contributed by atoms with van der Waals surface area (Å²) in [5, 5.41) is 7.14. The number of ether oxygens (including phenoxy) is 1. The first kappa shape index (κ1) is 15.2. The van der Waals surface area contributed by atoms with Crippen LogP contribution in [0.1, 0.15) is 44.8 Å². The van der Waals surface area contributed by atoms with E-state index in [1.165, 1.54) is 0 Å². The van der Waals surface area contributed by atoms with Crippen molar-refractivity contribution in [1.82, 2.24) is 20.1 Å². The second-order valence-corrected chi connectivity index (χ2v) is 4.91. The number of aryl methyl sites for hydroxylation is 1. The summed E-state index contributed by atoms with van der Waals surface area (Å²) in [7, 11) is 0. The van der Waals surface area contributed by atoms with Gasteiger partial charge in [-0.25, -0.2) is 0 Å². The van der Waals surface area contributed by atoms with Crippen molar-refractivity contribution in [2.75, 3.05) is 18.5 Å². The van der Waals surface area contributed by atoms with E-state index < -0.39 is 0 Å². The van der Waals surface area contributed by atoms with Crippen LogP contribution < -0.4 is 10.1 Å². The number of nitrogens with zero attached hydrogens (tertiary/aromatic N) is 4. The SMILES string of the molecule is CCOc1cncc(NCCCc2nc(C(C)C)no2)n1. The van der Waals surface area contributed by atoms with Crippen LogP contribution in [-0.2, 0) is 6.42 Å². The highest BCUT2D eigenvalue weighted by atomic mass is 16.5. The molecule has 2 aromatic rings. The lowest BCUT2D eigenvalue weighted by atomic mass is 10.2. The van der Waals surface area contributed by atoms with Gasteiger partial charge in [0, 0.05) is 18.9 Å². The molecule has 7 heteroatoms. The van der Waals surface area contributed by atoms with Gasteiger partial charge in [-0.05, 0) is 13.3 Å². The van der Waals surface area contributed by atoms with E-state index >= 15 is 0 Å². The average molecular weight is 291 g/mol. The van der Waals surface area contributed by atoms with Crippen LogP contribution in [0.15, 0.2) is 16.9 Å². The molecule has 2 heterocycles. The summed E-state index contributed by atoms with van der Waals surface area (Å²) in [6.07, 6.45) is 4.89. The van der Waals surface area contributed by atoms with Crippen molar-refractivity contribution in [2.45, 2.75) is 39.5 Å². The van der Waals surface area contributed by atoms with Gasteiger partial charge in [0.25, 0.3) is 0 Å². The van der Waals surface area contributed by atoms with Gasteiger partial charge in [0.05, 0.1) is 19.0 Å². The first-order valence-corrected chi connectivity index (χ1v) is 7.20. The Balaban J connectivity index is 1.75. The fourth-order valence-corrected chi connectivity index (χ4v) is 1.71. The van der Waals surface area contributed by atoms with Gasteiger partial charge in [0.1, 0.15) is 5.82 Å². The maximum Gasteiger partial charge on any atom is 0.234 e. The van der Waals surface area contributed by atoms with Crippen LogP contribution in [0.2, 0.25) is 0 Å². The molecule has 7 nitrogen and oxygen atoms in total. The molecule has 0 aromatic carbocycles. The van der Waals surface area contributed by atoms with Crippen LogP contribution in [0, 0.1) is 0 Å². The van der Waals surface area contributed by atoms with Crippen molar-refractivity contribution < 1.29 is 9.26 Å². The highest BCUT2D eigenvalue weighted by molar-refractivity contribution is 5.32. The fourth-order valence-electron chi connectivity index (χ4n) is 1.71. The molecule has 2 aromatic heterocycles. The largest absolute Gasteiger partial charge is 0.477 e. The van der Waals surface area contributed by atoms with Crippen LogP contribution >= 0.6 is 0 Å². The van der Waals surface area contributed by atoms with Crippen LogP contribution in [0.5, 0.6) is 5.88 Å². The molecule has 114 valence electrons. The van der Waals surface area contributed by atoms with Gasteiger partial charge in [-0.1, -0.05) is 19.0 Å². The third-order valence-electron chi connectivity index (χ3n) is 2.78. The van der Waals surface area contributed by atoms with Gasteiger partial charge in [0.15, 0.2) is 5.82 Å². The second kappa shape index (κ2) is 7.56. The van der Waals surface area contributed by atoms with Crippen molar-refractivity contribution in [3.63, 3.8) is 0 Å². The Kier molecular flexibility index (Phi) is 5.48. The molecule has 0 unspecified atom stereocenters. The van der Waals surface area contributed by atoms with E-state index in [-0.39, 0.29) is 5.92 Å². The Morgan fingerprint density at radius 1 is 1.29 bits per heavy atom. The average Bonchev–Trinajstić information content (AvgIpc) is 2.94. The van der Waals surface area contributed by atoms with E-state index in [1.807, 2.05) is 20.8 Å². The molecule has 0 atom stereocenters. The van der Waals surface area contributed by atoms with Crippen LogP contribution in [0.4, 0.5) is 5.82 Å². The quantitative estimate of drug-likeness (QED) is 0.747. The van der Waals surface area contributed by atoms with Crippen LogP contribution in [0.3, 0.4) is 0 Å². The molecule has 2 rings (SSSR count). The predicted molar refractivity (Wildman–Crippen MR) is 78.4 cm³/mol. The monoisotopic (exact) mass is 291 g/mol. The van der Waals surface area contributed by atoms with E-state index in [9.17, 15) is 0 Å². The van der Waals surface area contributed by atoms with Crippen molar-refractivity contribution in [3.8, 4) is 5.88 Å². The number of anilines is 1. The summed E-state index contributed by atoms with van der Waals surface area (Å²) < 4.78 is 10.5. The van der Waals surface area contributed by atoms with Gasteiger partial charge >= 0.3 is 0 Å². The predicted octanol–water partition coefficient (Wildman–Crippen LogP) is 2.43. The summed E-state index contributed by atoms with van der Waals surface area (Å²) in [6.45, 7) is 7.33. The molecule has 0 saturated heterocycles. The van der Waals surface area contributed by atoms with Gasteiger partial charge in [0.2, 0.25) is 11.8 Å². The summed E-state index contributed by atoms with van der Waals surface area (Å²) in [5.41, 5.74) is 0. The second-order valence-electron chi connectivity index (χ2n) is 4.91. The van der Waals surface area contributed by atoms with E-state index in [0.717, 1.165) is 25.2 Å².